The summed E-state index contributed by atoms with van der Waals surface area (Å²) < 4.78 is 1.65. The summed E-state index contributed by atoms with van der Waals surface area (Å²) in [5.74, 6) is -0.115. The van der Waals surface area contributed by atoms with Crippen LogP contribution in [0.3, 0.4) is 0 Å². The van der Waals surface area contributed by atoms with Crippen molar-refractivity contribution in [3.8, 4) is 6.07 Å². The van der Waals surface area contributed by atoms with E-state index < -0.39 is 0 Å². The highest BCUT2D eigenvalue weighted by atomic mass is 32.1. The van der Waals surface area contributed by atoms with Crippen molar-refractivity contribution in [3.63, 3.8) is 0 Å². The summed E-state index contributed by atoms with van der Waals surface area (Å²) in [5, 5.41) is 25.4. The molecule has 0 fully saturated rings. The molecule has 3 aromatic heterocycles. The van der Waals surface area contributed by atoms with Crippen LogP contribution in [-0.2, 0) is 17.6 Å². The number of fused-ring (bicyclic) bond motifs is 1. The number of nitrogens with zero attached hydrogens (tertiary/aromatic N) is 6. The Morgan fingerprint density at radius 2 is 2.20 bits per heavy atom. The van der Waals surface area contributed by atoms with Gasteiger partial charge in [-0.05, 0) is 32.3 Å². The highest BCUT2D eigenvalue weighted by Crippen LogP contribution is 2.19. The number of hydrogen-bond donors (Lipinski definition) is 1. The number of aromatic nitrogens is 5. The lowest BCUT2D eigenvalue weighted by Crippen LogP contribution is -2.14. The predicted molar refractivity (Wildman–Crippen MR) is 93.4 cm³/mol. The number of nitrogens with one attached hydrogen (secondary N) is 1. The molecule has 3 heterocycles. The van der Waals surface area contributed by atoms with Gasteiger partial charge in [-0.3, -0.25) is 4.79 Å². The molecular formula is C16H17N7OS. The number of aryl methyl sites for hydroxylation is 3. The van der Waals surface area contributed by atoms with Crippen LogP contribution in [0, 0.1) is 25.2 Å². The third-order valence-corrected chi connectivity index (χ3v) is 4.93. The van der Waals surface area contributed by atoms with Crippen LogP contribution in [0.2, 0.25) is 0 Å². The molecule has 0 bridgehead atoms. The van der Waals surface area contributed by atoms with E-state index in [0.717, 1.165) is 28.4 Å². The highest BCUT2D eigenvalue weighted by Gasteiger charge is 2.15. The van der Waals surface area contributed by atoms with E-state index >= 15 is 0 Å². The SMILES string of the molecule is CCc1nnc(NC(=O)CCc2c(C)nc3c(C#N)cnn3c2C)s1. The van der Waals surface area contributed by atoms with Crippen molar-refractivity contribution >= 4 is 28.0 Å². The number of amides is 1. The summed E-state index contributed by atoms with van der Waals surface area (Å²) in [4.78, 5) is 16.6. The normalized spacial score (nSPS) is 10.8. The fourth-order valence-corrected chi connectivity index (χ4v) is 3.31. The first-order chi connectivity index (χ1) is 12.0. The second-order valence-corrected chi connectivity index (χ2v) is 6.63. The molecule has 128 valence electrons. The van der Waals surface area contributed by atoms with Crippen LogP contribution in [0.4, 0.5) is 5.13 Å². The van der Waals surface area contributed by atoms with Crippen molar-refractivity contribution in [2.24, 2.45) is 0 Å². The van der Waals surface area contributed by atoms with Gasteiger partial charge in [-0.2, -0.15) is 10.4 Å². The summed E-state index contributed by atoms with van der Waals surface area (Å²) in [7, 11) is 0. The zero-order valence-corrected chi connectivity index (χ0v) is 15.0. The Morgan fingerprint density at radius 3 is 2.88 bits per heavy atom. The van der Waals surface area contributed by atoms with E-state index in [1.165, 1.54) is 17.5 Å². The fraction of sp³-hybridized carbons (Fsp3) is 0.375. The molecule has 0 atom stereocenters. The summed E-state index contributed by atoms with van der Waals surface area (Å²) >= 11 is 1.39. The van der Waals surface area contributed by atoms with Crippen LogP contribution in [-0.4, -0.2) is 30.7 Å². The van der Waals surface area contributed by atoms with Crippen molar-refractivity contribution < 1.29 is 4.79 Å². The molecule has 8 nitrogen and oxygen atoms in total. The molecule has 0 spiro atoms. The first kappa shape index (κ1) is 17.0. The van der Waals surface area contributed by atoms with Gasteiger partial charge < -0.3 is 5.32 Å². The number of nitriles is 1. The fourth-order valence-electron chi connectivity index (χ4n) is 2.62. The number of hydrogen-bond acceptors (Lipinski definition) is 7. The summed E-state index contributed by atoms with van der Waals surface area (Å²) in [6.45, 7) is 5.79. The molecule has 3 aromatic rings. The third-order valence-electron chi connectivity index (χ3n) is 3.95. The van der Waals surface area contributed by atoms with Gasteiger partial charge in [0.1, 0.15) is 16.6 Å². The quantitative estimate of drug-likeness (QED) is 0.751. The Hall–Kier alpha value is -2.86. The molecule has 0 aliphatic carbocycles. The third kappa shape index (κ3) is 3.34. The first-order valence-electron chi connectivity index (χ1n) is 7.89. The molecule has 3 rings (SSSR count). The van der Waals surface area contributed by atoms with Gasteiger partial charge in [0.15, 0.2) is 5.65 Å². The molecule has 0 aromatic carbocycles. The number of anilines is 1. The average molecular weight is 355 g/mol. The van der Waals surface area contributed by atoms with E-state index in [1.54, 1.807) is 4.52 Å². The minimum absolute atomic E-state index is 0.115. The van der Waals surface area contributed by atoms with Gasteiger partial charge >= 0.3 is 0 Å². The topological polar surface area (TPSA) is 109 Å². The van der Waals surface area contributed by atoms with Crippen molar-refractivity contribution in [1.82, 2.24) is 24.8 Å². The van der Waals surface area contributed by atoms with Crippen LogP contribution in [0.25, 0.3) is 5.65 Å². The molecule has 0 saturated heterocycles. The van der Waals surface area contributed by atoms with E-state index in [2.05, 4.69) is 31.7 Å². The summed E-state index contributed by atoms with van der Waals surface area (Å²) in [5.41, 5.74) is 3.65. The molecule has 1 N–H and O–H groups in total. The van der Waals surface area contributed by atoms with Crippen molar-refractivity contribution in [3.05, 3.63) is 33.7 Å². The van der Waals surface area contributed by atoms with E-state index in [0.29, 0.717) is 29.2 Å². The molecule has 0 aliphatic heterocycles. The van der Waals surface area contributed by atoms with E-state index in [1.807, 2.05) is 20.8 Å². The highest BCUT2D eigenvalue weighted by molar-refractivity contribution is 7.15. The molecule has 1 amide bonds. The maximum Gasteiger partial charge on any atom is 0.226 e. The zero-order valence-electron chi connectivity index (χ0n) is 14.2. The van der Waals surface area contributed by atoms with Gasteiger partial charge in [0.05, 0.1) is 6.20 Å². The van der Waals surface area contributed by atoms with Crippen LogP contribution in [0.5, 0.6) is 0 Å². The Bertz CT molecular complexity index is 982. The molecule has 0 radical (unpaired) electrons. The standard InChI is InChI=1S/C16H17N7OS/c1-4-14-21-22-16(25-14)20-13(24)6-5-12-9(2)19-15-11(7-17)8-18-23(15)10(12)3/h8H,4-6H2,1-3H3,(H,20,22,24). The van der Waals surface area contributed by atoms with Crippen molar-refractivity contribution in [2.45, 2.75) is 40.0 Å². The van der Waals surface area contributed by atoms with E-state index in [9.17, 15) is 4.79 Å². The minimum Gasteiger partial charge on any atom is -0.301 e. The molecule has 0 saturated carbocycles. The maximum absolute atomic E-state index is 12.2. The van der Waals surface area contributed by atoms with Crippen molar-refractivity contribution in [1.29, 1.82) is 5.26 Å². The van der Waals surface area contributed by atoms with Gasteiger partial charge in [0.2, 0.25) is 11.0 Å². The number of carbonyl (C=O) groups is 1. The predicted octanol–water partition coefficient (Wildman–Crippen LogP) is 2.20. The van der Waals surface area contributed by atoms with E-state index in [-0.39, 0.29) is 5.91 Å². The molecule has 0 aliphatic rings. The second kappa shape index (κ2) is 6.94. The van der Waals surface area contributed by atoms with Crippen LogP contribution < -0.4 is 5.32 Å². The maximum atomic E-state index is 12.2. The first-order valence-corrected chi connectivity index (χ1v) is 8.71. The van der Waals surface area contributed by atoms with Gasteiger partial charge in [-0.1, -0.05) is 18.3 Å². The van der Waals surface area contributed by atoms with Gasteiger partial charge in [-0.15, -0.1) is 10.2 Å². The van der Waals surface area contributed by atoms with Gasteiger partial charge in [0.25, 0.3) is 0 Å². The van der Waals surface area contributed by atoms with Crippen LogP contribution in [0.1, 0.15) is 40.9 Å². The molecular weight excluding hydrogens is 338 g/mol. The smallest absolute Gasteiger partial charge is 0.226 e. The Labute approximate surface area is 148 Å². The Balaban J connectivity index is 1.74. The number of carbonyl (C=O) groups excluding carboxylic acids is 1. The molecule has 9 heteroatoms. The molecule has 25 heavy (non-hydrogen) atoms. The average Bonchev–Trinajstić information content (AvgIpc) is 3.21. The van der Waals surface area contributed by atoms with Crippen LogP contribution >= 0.6 is 11.3 Å². The van der Waals surface area contributed by atoms with Gasteiger partial charge in [-0.25, -0.2) is 9.50 Å². The monoisotopic (exact) mass is 355 g/mol. The summed E-state index contributed by atoms with van der Waals surface area (Å²) in [6.07, 6.45) is 3.15. The second-order valence-electron chi connectivity index (χ2n) is 5.57. The largest absolute Gasteiger partial charge is 0.301 e. The van der Waals surface area contributed by atoms with Crippen LogP contribution in [0.15, 0.2) is 6.20 Å². The lowest BCUT2D eigenvalue weighted by Gasteiger charge is -2.10. The zero-order chi connectivity index (χ0) is 18.0. The van der Waals surface area contributed by atoms with Crippen molar-refractivity contribution in [2.75, 3.05) is 5.32 Å². The molecule has 0 unspecified atom stereocenters. The minimum atomic E-state index is -0.115. The Kier molecular flexibility index (Phi) is 4.72. The van der Waals surface area contributed by atoms with E-state index in [4.69, 9.17) is 5.26 Å². The lowest BCUT2D eigenvalue weighted by atomic mass is 10.1. The lowest BCUT2D eigenvalue weighted by molar-refractivity contribution is -0.116. The number of rotatable bonds is 5. The summed E-state index contributed by atoms with van der Waals surface area (Å²) in [6, 6.07) is 2.09. The van der Waals surface area contributed by atoms with Gasteiger partial charge in [0, 0.05) is 17.8 Å². The Morgan fingerprint density at radius 1 is 1.40 bits per heavy atom.